The van der Waals surface area contributed by atoms with Gasteiger partial charge in [-0.05, 0) is 32.3 Å². The number of nitrogens with zero attached hydrogens (tertiary/aromatic N) is 2. The quantitative estimate of drug-likeness (QED) is 0.930. The number of halogens is 3. The predicted octanol–water partition coefficient (Wildman–Crippen LogP) is 2.79. The Morgan fingerprint density at radius 3 is 2.75 bits per heavy atom. The Kier molecular flexibility index (Phi) is 4.03. The van der Waals surface area contributed by atoms with Crippen molar-refractivity contribution in [3.05, 3.63) is 17.5 Å². The number of carboxylic acids is 1. The molecule has 0 aliphatic carbocycles. The van der Waals surface area contributed by atoms with Gasteiger partial charge in [-0.25, -0.2) is 4.68 Å². The zero-order valence-electron chi connectivity index (χ0n) is 10.9. The van der Waals surface area contributed by atoms with Gasteiger partial charge in [0.25, 0.3) is 0 Å². The second kappa shape index (κ2) is 5.43. The molecule has 5 nitrogen and oxygen atoms in total. The number of hydrogen-bond acceptors (Lipinski definition) is 3. The zero-order chi connectivity index (χ0) is 14.9. The van der Waals surface area contributed by atoms with Crippen molar-refractivity contribution in [3.63, 3.8) is 0 Å². The standard InChI is InChI=1S/C12H15F3N2O3/c1-7(11(18)19)8-6-9(12(13,14)15)16-17(8)10-4-2-3-5-20-10/h6-7,10H,2-5H2,1H3,(H,18,19). The maximum atomic E-state index is 12.7. The Bertz CT molecular complexity index is 493. The summed E-state index contributed by atoms with van der Waals surface area (Å²) in [6.45, 7) is 1.77. The van der Waals surface area contributed by atoms with Crippen LogP contribution in [0.4, 0.5) is 13.2 Å². The van der Waals surface area contributed by atoms with Crippen molar-refractivity contribution in [2.75, 3.05) is 6.61 Å². The number of alkyl halides is 3. The molecule has 0 amide bonds. The van der Waals surface area contributed by atoms with Gasteiger partial charge in [0.1, 0.15) is 6.23 Å². The van der Waals surface area contributed by atoms with Crippen LogP contribution < -0.4 is 0 Å². The molecule has 1 aromatic rings. The molecule has 1 N–H and O–H groups in total. The third kappa shape index (κ3) is 2.95. The molecular weight excluding hydrogens is 277 g/mol. The second-order valence-electron chi connectivity index (χ2n) is 4.78. The highest BCUT2D eigenvalue weighted by atomic mass is 19.4. The lowest BCUT2D eigenvalue weighted by Crippen LogP contribution is -2.23. The van der Waals surface area contributed by atoms with Crippen molar-refractivity contribution in [2.24, 2.45) is 0 Å². The predicted molar refractivity (Wildman–Crippen MR) is 62.1 cm³/mol. The summed E-state index contributed by atoms with van der Waals surface area (Å²) in [6, 6.07) is 0.788. The summed E-state index contributed by atoms with van der Waals surface area (Å²) in [5, 5.41) is 12.5. The van der Waals surface area contributed by atoms with Crippen molar-refractivity contribution in [1.82, 2.24) is 9.78 Å². The van der Waals surface area contributed by atoms with E-state index < -0.39 is 30.0 Å². The van der Waals surface area contributed by atoms with E-state index in [1.165, 1.54) is 6.92 Å². The minimum atomic E-state index is -4.60. The summed E-state index contributed by atoms with van der Waals surface area (Å²) in [5.74, 6) is -2.28. The van der Waals surface area contributed by atoms with E-state index in [9.17, 15) is 18.0 Å². The van der Waals surface area contributed by atoms with Gasteiger partial charge in [0.2, 0.25) is 0 Å². The van der Waals surface area contributed by atoms with Gasteiger partial charge in [0, 0.05) is 6.61 Å². The van der Waals surface area contributed by atoms with Crippen LogP contribution in [0.2, 0.25) is 0 Å². The van der Waals surface area contributed by atoms with Crippen molar-refractivity contribution in [1.29, 1.82) is 0 Å². The average Bonchev–Trinajstić information content (AvgIpc) is 2.83. The lowest BCUT2D eigenvalue weighted by atomic mass is 10.1. The number of carbonyl (C=O) groups is 1. The first-order valence-electron chi connectivity index (χ1n) is 6.31. The molecule has 2 atom stereocenters. The fourth-order valence-corrected chi connectivity index (χ4v) is 2.14. The van der Waals surface area contributed by atoms with Gasteiger partial charge >= 0.3 is 12.1 Å². The third-order valence-corrected chi connectivity index (χ3v) is 3.30. The number of aliphatic carboxylic acids is 1. The molecule has 2 heterocycles. The Labute approximate surface area is 113 Å². The molecule has 2 rings (SSSR count). The number of carboxylic acid groups (broad SMARTS) is 1. The van der Waals surface area contributed by atoms with Gasteiger partial charge in [-0.2, -0.15) is 18.3 Å². The van der Waals surface area contributed by atoms with Gasteiger partial charge in [-0.15, -0.1) is 0 Å². The van der Waals surface area contributed by atoms with Crippen LogP contribution in [0.15, 0.2) is 6.07 Å². The first-order valence-corrected chi connectivity index (χ1v) is 6.31. The molecule has 1 aromatic heterocycles. The largest absolute Gasteiger partial charge is 0.481 e. The van der Waals surface area contributed by atoms with Crippen LogP contribution in [0.25, 0.3) is 0 Å². The minimum Gasteiger partial charge on any atom is -0.481 e. The molecular formula is C12H15F3N2O3. The average molecular weight is 292 g/mol. The smallest absolute Gasteiger partial charge is 0.435 e. The molecule has 0 radical (unpaired) electrons. The van der Waals surface area contributed by atoms with E-state index in [0.717, 1.165) is 23.6 Å². The van der Waals surface area contributed by atoms with Crippen LogP contribution in [0, 0.1) is 0 Å². The summed E-state index contributed by atoms with van der Waals surface area (Å²) in [7, 11) is 0. The first kappa shape index (κ1) is 14.8. The monoisotopic (exact) mass is 292 g/mol. The molecule has 20 heavy (non-hydrogen) atoms. The molecule has 112 valence electrons. The van der Waals surface area contributed by atoms with Crippen molar-refractivity contribution in [2.45, 2.75) is 44.5 Å². The lowest BCUT2D eigenvalue weighted by Gasteiger charge is -2.25. The zero-order valence-corrected chi connectivity index (χ0v) is 10.9. The fraction of sp³-hybridized carbons (Fsp3) is 0.667. The third-order valence-electron chi connectivity index (χ3n) is 3.30. The summed E-state index contributed by atoms with van der Waals surface area (Å²) in [6.07, 6.45) is -3.05. The van der Waals surface area contributed by atoms with E-state index >= 15 is 0 Å². The van der Waals surface area contributed by atoms with Crippen molar-refractivity contribution >= 4 is 5.97 Å². The lowest BCUT2D eigenvalue weighted by molar-refractivity contribution is -0.142. The van der Waals surface area contributed by atoms with E-state index in [-0.39, 0.29) is 5.69 Å². The topological polar surface area (TPSA) is 64.3 Å². The molecule has 8 heteroatoms. The van der Waals surface area contributed by atoms with E-state index in [0.29, 0.717) is 13.0 Å². The van der Waals surface area contributed by atoms with Gasteiger partial charge in [-0.1, -0.05) is 0 Å². The van der Waals surface area contributed by atoms with Gasteiger partial charge in [0.15, 0.2) is 5.69 Å². The fourth-order valence-electron chi connectivity index (χ4n) is 2.14. The highest BCUT2D eigenvalue weighted by Crippen LogP contribution is 2.33. The molecule has 1 aliphatic heterocycles. The molecule has 0 bridgehead atoms. The molecule has 2 unspecified atom stereocenters. The molecule has 0 spiro atoms. The summed E-state index contributed by atoms with van der Waals surface area (Å²) < 4.78 is 44.7. The van der Waals surface area contributed by atoms with Gasteiger partial charge in [-0.3, -0.25) is 4.79 Å². The van der Waals surface area contributed by atoms with Crippen LogP contribution in [0.3, 0.4) is 0 Å². The highest BCUT2D eigenvalue weighted by Gasteiger charge is 2.37. The van der Waals surface area contributed by atoms with E-state index in [1.807, 2.05) is 0 Å². The van der Waals surface area contributed by atoms with Crippen LogP contribution >= 0.6 is 0 Å². The maximum Gasteiger partial charge on any atom is 0.435 e. The van der Waals surface area contributed by atoms with E-state index in [4.69, 9.17) is 9.84 Å². The minimum absolute atomic E-state index is 0.0109. The highest BCUT2D eigenvalue weighted by molar-refractivity contribution is 5.75. The summed E-state index contributed by atoms with van der Waals surface area (Å²) in [5.41, 5.74) is -1.08. The van der Waals surface area contributed by atoms with Gasteiger partial charge < -0.3 is 9.84 Å². The van der Waals surface area contributed by atoms with E-state index in [1.54, 1.807) is 0 Å². The molecule has 0 aromatic carbocycles. The maximum absolute atomic E-state index is 12.7. The van der Waals surface area contributed by atoms with E-state index in [2.05, 4.69) is 5.10 Å². The summed E-state index contributed by atoms with van der Waals surface area (Å²) >= 11 is 0. The Morgan fingerprint density at radius 1 is 1.55 bits per heavy atom. The van der Waals surface area contributed by atoms with Crippen LogP contribution in [-0.4, -0.2) is 27.5 Å². The number of hydrogen-bond donors (Lipinski definition) is 1. The molecule has 1 saturated heterocycles. The Morgan fingerprint density at radius 2 is 2.25 bits per heavy atom. The normalized spacial score (nSPS) is 21.7. The number of ether oxygens (including phenoxy) is 1. The van der Waals surface area contributed by atoms with Crippen molar-refractivity contribution < 1.29 is 27.8 Å². The Balaban J connectivity index is 2.41. The van der Waals surface area contributed by atoms with Crippen LogP contribution in [-0.2, 0) is 15.7 Å². The number of rotatable bonds is 3. The molecule has 0 saturated carbocycles. The Hall–Kier alpha value is -1.57. The molecule has 1 aliphatic rings. The van der Waals surface area contributed by atoms with Crippen LogP contribution in [0.5, 0.6) is 0 Å². The van der Waals surface area contributed by atoms with Gasteiger partial charge in [0.05, 0.1) is 11.6 Å². The first-order chi connectivity index (χ1) is 9.30. The van der Waals surface area contributed by atoms with Crippen molar-refractivity contribution in [3.8, 4) is 0 Å². The SMILES string of the molecule is CC(C(=O)O)c1cc(C(F)(F)F)nn1C1CCCCO1. The summed E-state index contributed by atoms with van der Waals surface area (Å²) in [4.78, 5) is 11.0. The second-order valence-corrected chi connectivity index (χ2v) is 4.78. The number of aromatic nitrogens is 2. The molecule has 1 fully saturated rings. The van der Waals surface area contributed by atoms with Crippen LogP contribution in [0.1, 0.15) is 49.7 Å².